The van der Waals surface area contributed by atoms with Crippen molar-refractivity contribution in [1.29, 1.82) is 0 Å². The fourth-order valence-electron chi connectivity index (χ4n) is 2.60. The molecule has 0 radical (unpaired) electrons. The number of alkyl halides is 3. The predicted octanol–water partition coefficient (Wildman–Crippen LogP) is 6.61. The van der Waals surface area contributed by atoms with Crippen molar-refractivity contribution in [3.63, 3.8) is 0 Å². The average molecular weight is 401 g/mol. The summed E-state index contributed by atoms with van der Waals surface area (Å²) in [7, 11) is 0. The number of rotatable bonds is 15. The number of hydrogen-bond acceptors (Lipinski definition) is 2. The van der Waals surface area contributed by atoms with Gasteiger partial charge in [-0.2, -0.15) is 0 Å². The second kappa shape index (κ2) is 14.4. The van der Waals surface area contributed by atoms with Crippen LogP contribution in [0.4, 0.5) is 13.2 Å². The molecular formula is C23H35F3O2. The van der Waals surface area contributed by atoms with E-state index in [0.717, 1.165) is 31.3 Å². The quantitative estimate of drug-likeness (QED) is 0.229. The molecule has 0 N–H and O–H groups in total. The minimum Gasteiger partial charge on any atom is -0.299 e. The van der Waals surface area contributed by atoms with Crippen molar-refractivity contribution in [2.75, 3.05) is 20.0 Å². The molecule has 5 heteroatoms. The number of carbonyl (C=O) groups is 2. The third-order valence-corrected chi connectivity index (χ3v) is 4.76. The van der Waals surface area contributed by atoms with Gasteiger partial charge in [0.05, 0.1) is 6.42 Å². The Bertz CT molecular complexity index is 572. The van der Waals surface area contributed by atoms with Gasteiger partial charge in [-0.1, -0.05) is 34.9 Å². The molecule has 160 valence electrons. The van der Waals surface area contributed by atoms with Crippen LogP contribution >= 0.6 is 0 Å². The Balaban J connectivity index is 4.28. The zero-order valence-corrected chi connectivity index (χ0v) is 17.8. The number of allylic oxidation sites excluding steroid dienone is 6. The van der Waals surface area contributed by atoms with Crippen LogP contribution in [0, 0.1) is 5.41 Å². The summed E-state index contributed by atoms with van der Waals surface area (Å²) in [5.41, 5.74) is 1.54. The van der Waals surface area contributed by atoms with E-state index in [2.05, 4.69) is 32.9 Å². The Hall–Kier alpha value is -1.65. The molecule has 0 aliphatic rings. The van der Waals surface area contributed by atoms with E-state index in [1.54, 1.807) is 0 Å². The first-order valence-corrected chi connectivity index (χ1v) is 9.88. The summed E-state index contributed by atoms with van der Waals surface area (Å²) in [6.45, 7) is 4.02. The summed E-state index contributed by atoms with van der Waals surface area (Å²) in [5, 5.41) is 0. The predicted molar refractivity (Wildman–Crippen MR) is 110 cm³/mol. The fourth-order valence-corrected chi connectivity index (χ4v) is 2.60. The van der Waals surface area contributed by atoms with Crippen molar-refractivity contribution in [1.82, 2.24) is 0 Å². The lowest BCUT2D eigenvalue weighted by molar-refractivity contribution is -0.135. The Labute approximate surface area is 168 Å². The van der Waals surface area contributed by atoms with E-state index >= 15 is 0 Å². The summed E-state index contributed by atoms with van der Waals surface area (Å²) in [6, 6.07) is 0. The number of carbonyl (C=O) groups excluding carboxylic acids is 2. The molecule has 2 nitrogen and oxygen atoms in total. The van der Waals surface area contributed by atoms with Gasteiger partial charge in [0.25, 0.3) is 0 Å². The van der Waals surface area contributed by atoms with Gasteiger partial charge in [0.1, 0.15) is 31.2 Å². The molecule has 0 amide bonds. The molecule has 0 heterocycles. The lowest BCUT2D eigenvalue weighted by Crippen LogP contribution is -2.39. The van der Waals surface area contributed by atoms with E-state index in [-0.39, 0.29) is 6.42 Å². The van der Waals surface area contributed by atoms with Crippen LogP contribution in [0.3, 0.4) is 0 Å². The monoisotopic (exact) mass is 400 g/mol. The molecule has 0 aromatic rings. The molecule has 28 heavy (non-hydrogen) atoms. The van der Waals surface area contributed by atoms with Crippen molar-refractivity contribution in [2.24, 2.45) is 5.41 Å². The second-order valence-corrected chi connectivity index (χ2v) is 7.82. The second-order valence-electron chi connectivity index (χ2n) is 7.82. The first-order valence-electron chi connectivity index (χ1n) is 9.88. The van der Waals surface area contributed by atoms with E-state index in [4.69, 9.17) is 0 Å². The molecule has 0 aromatic carbocycles. The first kappa shape index (κ1) is 26.4. The van der Waals surface area contributed by atoms with Crippen LogP contribution in [0.5, 0.6) is 0 Å². The maximum absolute atomic E-state index is 12.8. The smallest absolute Gasteiger partial charge is 0.154 e. The molecule has 0 aromatic heterocycles. The number of halogens is 3. The van der Waals surface area contributed by atoms with Crippen LogP contribution in [0.1, 0.15) is 72.6 Å². The normalized spacial score (nSPS) is 12.8. The summed E-state index contributed by atoms with van der Waals surface area (Å²) in [4.78, 5) is 23.7. The molecule has 0 rings (SSSR count). The Morgan fingerprint density at radius 2 is 1.14 bits per heavy atom. The topological polar surface area (TPSA) is 34.1 Å². The van der Waals surface area contributed by atoms with Crippen molar-refractivity contribution >= 4 is 11.6 Å². The third-order valence-electron chi connectivity index (χ3n) is 4.76. The van der Waals surface area contributed by atoms with Gasteiger partial charge < -0.3 is 0 Å². The Kier molecular flexibility index (Phi) is 13.5. The molecule has 0 unspecified atom stereocenters. The summed E-state index contributed by atoms with van der Waals surface area (Å²) in [5.74, 6) is -1.40. The summed E-state index contributed by atoms with van der Waals surface area (Å²) < 4.78 is 38.5. The number of ketones is 2. The van der Waals surface area contributed by atoms with E-state index in [9.17, 15) is 22.8 Å². The minimum absolute atomic E-state index is 0.113. The zero-order chi connectivity index (χ0) is 21.6. The summed E-state index contributed by atoms with van der Waals surface area (Å²) in [6.07, 6.45) is 10.3. The van der Waals surface area contributed by atoms with Crippen molar-refractivity contribution in [2.45, 2.75) is 72.6 Å². The standard InChI is InChI=1S/C23H35F3O2/c1-18(2)8-5-9-19(3)10-6-11-20(4)12-7-13-21(27)14-22(28)23(15-24,16-25)17-26/h8,10,12H,5-7,9,11,13-17H2,1-4H3/b19-10+,20-12+. The highest BCUT2D eigenvalue weighted by atomic mass is 19.1. The molecule has 0 aliphatic heterocycles. The largest absolute Gasteiger partial charge is 0.299 e. The van der Waals surface area contributed by atoms with Gasteiger partial charge in [0.15, 0.2) is 5.78 Å². The van der Waals surface area contributed by atoms with E-state index in [1.165, 1.54) is 11.1 Å². The highest BCUT2D eigenvalue weighted by molar-refractivity contribution is 6.02. The highest BCUT2D eigenvalue weighted by Gasteiger charge is 2.39. The average Bonchev–Trinajstić information content (AvgIpc) is 2.63. The summed E-state index contributed by atoms with van der Waals surface area (Å²) >= 11 is 0. The van der Waals surface area contributed by atoms with Gasteiger partial charge in [-0.25, -0.2) is 13.2 Å². The van der Waals surface area contributed by atoms with Gasteiger partial charge in [0, 0.05) is 6.42 Å². The van der Waals surface area contributed by atoms with E-state index in [0.29, 0.717) is 6.42 Å². The van der Waals surface area contributed by atoms with Gasteiger partial charge in [0.2, 0.25) is 0 Å². The fraction of sp³-hybridized carbons (Fsp3) is 0.652. The van der Waals surface area contributed by atoms with Crippen molar-refractivity contribution < 1.29 is 22.8 Å². The van der Waals surface area contributed by atoms with Crippen LogP contribution in [-0.2, 0) is 9.59 Å². The maximum Gasteiger partial charge on any atom is 0.154 e. The molecule has 0 spiro atoms. The van der Waals surface area contributed by atoms with Crippen LogP contribution < -0.4 is 0 Å². The van der Waals surface area contributed by atoms with Crippen LogP contribution in [0.2, 0.25) is 0 Å². The molecular weight excluding hydrogens is 365 g/mol. The van der Waals surface area contributed by atoms with E-state index in [1.807, 2.05) is 13.0 Å². The highest BCUT2D eigenvalue weighted by Crippen LogP contribution is 2.23. The first-order chi connectivity index (χ1) is 13.2. The zero-order valence-electron chi connectivity index (χ0n) is 17.8. The molecule has 0 fully saturated rings. The van der Waals surface area contributed by atoms with Crippen LogP contribution in [-0.4, -0.2) is 31.6 Å². The molecule has 0 aliphatic carbocycles. The third kappa shape index (κ3) is 10.6. The number of hydrogen-bond donors (Lipinski definition) is 0. The molecule has 0 saturated carbocycles. The van der Waals surface area contributed by atoms with Gasteiger partial charge in [-0.3, -0.25) is 9.59 Å². The minimum atomic E-state index is -2.29. The Morgan fingerprint density at radius 3 is 1.57 bits per heavy atom. The van der Waals surface area contributed by atoms with Crippen molar-refractivity contribution in [3.05, 3.63) is 34.9 Å². The molecule has 0 bridgehead atoms. The lowest BCUT2D eigenvalue weighted by atomic mass is 9.84. The molecule has 0 saturated heterocycles. The van der Waals surface area contributed by atoms with Crippen molar-refractivity contribution in [3.8, 4) is 0 Å². The Morgan fingerprint density at radius 1 is 0.714 bits per heavy atom. The SMILES string of the molecule is CC(C)=CCC/C(C)=C/CC/C(C)=C/CCC(=O)CC(=O)C(CF)(CF)CF. The lowest BCUT2D eigenvalue weighted by Gasteiger charge is -2.21. The van der Waals surface area contributed by atoms with Gasteiger partial charge in [-0.15, -0.1) is 0 Å². The van der Waals surface area contributed by atoms with Gasteiger partial charge >= 0.3 is 0 Å². The van der Waals surface area contributed by atoms with Gasteiger partial charge in [-0.05, 0) is 59.8 Å². The van der Waals surface area contributed by atoms with Crippen LogP contribution in [0.15, 0.2) is 34.9 Å². The van der Waals surface area contributed by atoms with E-state index < -0.39 is 43.4 Å². The molecule has 0 atom stereocenters. The van der Waals surface area contributed by atoms with Crippen LogP contribution in [0.25, 0.3) is 0 Å². The maximum atomic E-state index is 12.8. The number of Topliss-reactive ketones (excluding diaryl/α,β-unsaturated/α-hetero) is 2.